The lowest BCUT2D eigenvalue weighted by atomic mass is 9.96. The van der Waals surface area contributed by atoms with Crippen molar-refractivity contribution >= 4 is 23.5 Å². The Balaban J connectivity index is 2.79. The summed E-state index contributed by atoms with van der Waals surface area (Å²) in [6, 6.07) is 4.66. The number of benzene rings is 1. The monoisotopic (exact) mass is 299 g/mol. The van der Waals surface area contributed by atoms with Gasteiger partial charge in [0.1, 0.15) is 5.75 Å². The molecule has 1 atom stereocenters. The van der Waals surface area contributed by atoms with Gasteiger partial charge in [-0.3, -0.25) is 9.59 Å². The van der Waals surface area contributed by atoms with E-state index in [1.165, 1.54) is 13.2 Å². The molecule has 0 bridgehead atoms. The first kappa shape index (κ1) is 16.3. The molecule has 1 aromatic carbocycles. The molecule has 0 aliphatic carbocycles. The number of hydrogen-bond acceptors (Lipinski definition) is 3. The summed E-state index contributed by atoms with van der Waals surface area (Å²) in [5.41, 5.74) is 0.324. The molecule has 0 saturated heterocycles. The van der Waals surface area contributed by atoms with Crippen LogP contribution >= 0.6 is 11.6 Å². The molecule has 1 rings (SSSR count). The van der Waals surface area contributed by atoms with Gasteiger partial charge >= 0.3 is 5.97 Å². The van der Waals surface area contributed by atoms with Gasteiger partial charge in [-0.1, -0.05) is 25.4 Å². The van der Waals surface area contributed by atoms with Crippen LogP contribution in [0.3, 0.4) is 0 Å². The second-order valence-electron chi connectivity index (χ2n) is 4.74. The Kier molecular flexibility index (Phi) is 5.82. The highest BCUT2D eigenvalue weighted by atomic mass is 35.5. The van der Waals surface area contributed by atoms with Crippen LogP contribution in [0.2, 0.25) is 5.02 Å². The number of aliphatic carboxylic acids is 1. The predicted octanol–water partition coefficient (Wildman–Crippen LogP) is 2.44. The third-order valence-corrected chi connectivity index (χ3v) is 3.25. The van der Waals surface area contributed by atoms with E-state index >= 15 is 0 Å². The van der Waals surface area contributed by atoms with E-state index < -0.39 is 11.9 Å². The van der Waals surface area contributed by atoms with Crippen molar-refractivity contribution in [1.29, 1.82) is 0 Å². The predicted molar refractivity (Wildman–Crippen MR) is 76.3 cm³/mol. The molecule has 0 fully saturated rings. The zero-order chi connectivity index (χ0) is 15.3. The Hall–Kier alpha value is -1.75. The lowest BCUT2D eigenvalue weighted by Gasteiger charge is -2.17. The molecule has 0 heterocycles. The van der Waals surface area contributed by atoms with Crippen LogP contribution in [0.25, 0.3) is 0 Å². The van der Waals surface area contributed by atoms with Crippen LogP contribution in [0, 0.1) is 11.8 Å². The third kappa shape index (κ3) is 4.13. The number of carboxylic acid groups (broad SMARTS) is 1. The highest BCUT2D eigenvalue weighted by Crippen LogP contribution is 2.23. The summed E-state index contributed by atoms with van der Waals surface area (Å²) >= 11 is 5.82. The van der Waals surface area contributed by atoms with Crippen LogP contribution in [0.15, 0.2) is 18.2 Å². The average molecular weight is 300 g/mol. The lowest BCUT2D eigenvalue weighted by molar-refractivity contribution is -0.142. The molecule has 0 aromatic heterocycles. The quantitative estimate of drug-likeness (QED) is 0.846. The molecule has 5 nitrogen and oxygen atoms in total. The Morgan fingerprint density at radius 2 is 2.05 bits per heavy atom. The minimum absolute atomic E-state index is 0.0671. The van der Waals surface area contributed by atoms with Gasteiger partial charge in [0.15, 0.2) is 0 Å². The molecule has 0 saturated carbocycles. The second-order valence-corrected chi connectivity index (χ2v) is 5.18. The average Bonchev–Trinajstić information content (AvgIpc) is 2.37. The Morgan fingerprint density at radius 3 is 2.55 bits per heavy atom. The molecule has 1 aromatic rings. The van der Waals surface area contributed by atoms with Crippen LogP contribution < -0.4 is 10.1 Å². The van der Waals surface area contributed by atoms with Gasteiger partial charge in [-0.25, -0.2) is 0 Å². The molecule has 110 valence electrons. The van der Waals surface area contributed by atoms with Crippen molar-refractivity contribution in [2.75, 3.05) is 13.7 Å². The van der Waals surface area contributed by atoms with Gasteiger partial charge < -0.3 is 15.2 Å². The smallest absolute Gasteiger partial charge is 0.308 e. The van der Waals surface area contributed by atoms with Crippen LogP contribution in [-0.4, -0.2) is 30.6 Å². The van der Waals surface area contributed by atoms with E-state index in [0.29, 0.717) is 16.3 Å². The topological polar surface area (TPSA) is 75.6 Å². The number of carbonyl (C=O) groups excluding carboxylic acids is 1. The van der Waals surface area contributed by atoms with Crippen molar-refractivity contribution in [2.45, 2.75) is 13.8 Å². The first-order chi connectivity index (χ1) is 9.36. The summed E-state index contributed by atoms with van der Waals surface area (Å²) in [5.74, 6) is -1.66. The van der Waals surface area contributed by atoms with Gasteiger partial charge in [0.25, 0.3) is 5.91 Å². The van der Waals surface area contributed by atoms with Crippen molar-refractivity contribution in [3.05, 3.63) is 28.8 Å². The van der Waals surface area contributed by atoms with Gasteiger partial charge in [-0.05, 0) is 24.1 Å². The third-order valence-electron chi connectivity index (χ3n) is 3.01. The van der Waals surface area contributed by atoms with E-state index in [1.807, 2.05) is 0 Å². The number of methoxy groups -OCH3 is 1. The van der Waals surface area contributed by atoms with Crippen molar-refractivity contribution < 1.29 is 19.4 Å². The maximum absolute atomic E-state index is 12.1. The molecule has 0 radical (unpaired) electrons. The molecule has 0 aliphatic heterocycles. The number of rotatable bonds is 6. The maximum Gasteiger partial charge on any atom is 0.308 e. The van der Waals surface area contributed by atoms with Crippen LogP contribution in [0.4, 0.5) is 0 Å². The molecule has 0 spiro atoms. The summed E-state index contributed by atoms with van der Waals surface area (Å²) in [6.45, 7) is 3.67. The fraction of sp³-hybridized carbons (Fsp3) is 0.429. The van der Waals surface area contributed by atoms with Crippen LogP contribution in [0.5, 0.6) is 5.75 Å². The molecular formula is C14H18ClNO4. The number of halogens is 1. The number of hydrogen-bond donors (Lipinski definition) is 2. The van der Waals surface area contributed by atoms with E-state index in [0.717, 1.165) is 0 Å². The minimum atomic E-state index is -0.927. The highest BCUT2D eigenvalue weighted by Gasteiger charge is 2.23. The zero-order valence-corrected chi connectivity index (χ0v) is 12.4. The summed E-state index contributed by atoms with van der Waals surface area (Å²) < 4.78 is 5.09. The Bertz CT molecular complexity index is 502. The normalized spacial score (nSPS) is 12.1. The molecular weight excluding hydrogens is 282 g/mol. The zero-order valence-electron chi connectivity index (χ0n) is 11.6. The van der Waals surface area contributed by atoms with Crippen molar-refractivity contribution in [1.82, 2.24) is 5.32 Å². The molecule has 2 N–H and O–H groups in total. The minimum Gasteiger partial charge on any atom is -0.496 e. The van der Waals surface area contributed by atoms with Crippen molar-refractivity contribution in [2.24, 2.45) is 11.8 Å². The van der Waals surface area contributed by atoms with Crippen molar-refractivity contribution in [3.8, 4) is 5.75 Å². The first-order valence-corrected chi connectivity index (χ1v) is 6.59. The maximum atomic E-state index is 12.1. The van der Waals surface area contributed by atoms with Gasteiger partial charge in [0.05, 0.1) is 18.6 Å². The molecule has 1 amide bonds. The van der Waals surface area contributed by atoms with Crippen LogP contribution in [0.1, 0.15) is 24.2 Å². The fourth-order valence-electron chi connectivity index (χ4n) is 1.76. The fourth-order valence-corrected chi connectivity index (χ4v) is 1.92. The summed E-state index contributed by atoms with van der Waals surface area (Å²) in [4.78, 5) is 23.1. The number of carbonyl (C=O) groups is 2. The number of amides is 1. The van der Waals surface area contributed by atoms with Gasteiger partial charge in [-0.2, -0.15) is 0 Å². The molecule has 1 unspecified atom stereocenters. The van der Waals surface area contributed by atoms with Gasteiger partial charge in [-0.15, -0.1) is 0 Å². The van der Waals surface area contributed by atoms with Gasteiger partial charge in [0.2, 0.25) is 0 Å². The molecule has 6 heteroatoms. The van der Waals surface area contributed by atoms with E-state index in [-0.39, 0.29) is 18.4 Å². The first-order valence-electron chi connectivity index (χ1n) is 6.21. The standard InChI is InChI=1S/C14H18ClNO4/c1-8(2)11(14(18)19)7-16-13(17)10-5-4-9(15)6-12(10)20-3/h4-6,8,11H,7H2,1-3H3,(H,16,17)(H,18,19). The molecule has 20 heavy (non-hydrogen) atoms. The van der Waals surface area contributed by atoms with E-state index in [9.17, 15) is 9.59 Å². The highest BCUT2D eigenvalue weighted by molar-refractivity contribution is 6.30. The Morgan fingerprint density at radius 1 is 1.40 bits per heavy atom. The number of ether oxygens (including phenoxy) is 1. The number of nitrogens with one attached hydrogen (secondary N) is 1. The summed E-state index contributed by atoms with van der Waals surface area (Å²) in [7, 11) is 1.44. The largest absolute Gasteiger partial charge is 0.496 e. The van der Waals surface area contributed by atoms with Gasteiger partial charge in [0, 0.05) is 11.6 Å². The van der Waals surface area contributed by atoms with Crippen LogP contribution in [-0.2, 0) is 4.79 Å². The molecule has 0 aliphatic rings. The van der Waals surface area contributed by atoms with E-state index in [1.54, 1.807) is 26.0 Å². The SMILES string of the molecule is COc1cc(Cl)ccc1C(=O)NCC(C(=O)O)C(C)C. The lowest BCUT2D eigenvalue weighted by Crippen LogP contribution is -2.35. The second kappa shape index (κ2) is 7.14. The summed E-state index contributed by atoms with van der Waals surface area (Å²) in [5, 5.41) is 12.1. The van der Waals surface area contributed by atoms with E-state index in [4.69, 9.17) is 21.4 Å². The Labute approximate surface area is 122 Å². The van der Waals surface area contributed by atoms with Crippen molar-refractivity contribution in [3.63, 3.8) is 0 Å². The van der Waals surface area contributed by atoms with E-state index in [2.05, 4.69) is 5.32 Å². The number of carboxylic acids is 1. The summed E-state index contributed by atoms with van der Waals surface area (Å²) in [6.07, 6.45) is 0.